The van der Waals surface area contributed by atoms with Crippen LogP contribution in [0.2, 0.25) is 0 Å². The van der Waals surface area contributed by atoms with Crippen molar-refractivity contribution in [3.8, 4) is 17.6 Å². The van der Waals surface area contributed by atoms with Gasteiger partial charge in [0.2, 0.25) is 0 Å². The molecule has 0 radical (unpaired) electrons. The van der Waals surface area contributed by atoms with Crippen LogP contribution in [0.15, 0.2) is 16.6 Å². The number of rotatable bonds is 5. The van der Waals surface area contributed by atoms with Gasteiger partial charge in [0.15, 0.2) is 17.6 Å². The summed E-state index contributed by atoms with van der Waals surface area (Å²) in [6.07, 6.45) is 0.240. The predicted octanol–water partition coefficient (Wildman–Crippen LogP) is 2.25. The lowest BCUT2D eigenvalue weighted by molar-refractivity contribution is 0.258. The van der Waals surface area contributed by atoms with Gasteiger partial charge >= 0.3 is 0 Å². The van der Waals surface area contributed by atoms with Gasteiger partial charge in [0.1, 0.15) is 6.07 Å². The maximum absolute atomic E-state index is 8.74. The number of nitrogens with two attached hydrogens (primary N) is 1. The molecule has 17 heavy (non-hydrogen) atoms. The molecule has 0 fully saturated rings. The maximum Gasteiger partial charge on any atom is 0.181 e. The second-order valence-electron chi connectivity index (χ2n) is 3.54. The van der Waals surface area contributed by atoms with Crippen LogP contribution in [0.5, 0.6) is 11.5 Å². The van der Waals surface area contributed by atoms with Crippen LogP contribution >= 0.6 is 15.9 Å². The Balaban J connectivity index is 3.08. The molecule has 0 saturated heterocycles. The summed E-state index contributed by atoms with van der Waals surface area (Å²) in [5.41, 5.74) is 6.58. The first-order valence-electron chi connectivity index (χ1n) is 5.25. The van der Waals surface area contributed by atoms with E-state index in [4.69, 9.17) is 20.5 Å². The van der Waals surface area contributed by atoms with Crippen molar-refractivity contribution < 1.29 is 9.47 Å². The van der Waals surface area contributed by atoms with Crippen LogP contribution < -0.4 is 15.2 Å². The lowest BCUT2D eigenvalue weighted by Crippen LogP contribution is -2.10. The van der Waals surface area contributed by atoms with Crippen LogP contribution in [0.1, 0.15) is 12.5 Å². The van der Waals surface area contributed by atoms with E-state index >= 15 is 0 Å². The summed E-state index contributed by atoms with van der Waals surface area (Å²) in [6, 6.07) is 5.81. The molecule has 0 amide bonds. The molecule has 1 atom stereocenters. The molecule has 0 saturated carbocycles. The number of hydrogen-bond acceptors (Lipinski definition) is 4. The minimum absolute atomic E-state index is 0.527. The Bertz CT molecular complexity index is 429. The Labute approximate surface area is 109 Å². The van der Waals surface area contributed by atoms with Crippen LogP contribution in [0.4, 0.5) is 0 Å². The minimum atomic E-state index is -0.527. The number of nitriles is 1. The minimum Gasteiger partial charge on any atom is -0.493 e. The zero-order chi connectivity index (χ0) is 12.8. The molecule has 0 aliphatic heterocycles. The second-order valence-corrected chi connectivity index (χ2v) is 4.39. The van der Waals surface area contributed by atoms with E-state index in [2.05, 4.69) is 15.9 Å². The first-order chi connectivity index (χ1) is 8.12. The van der Waals surface area contributed by atoms with E-state index in [0.717, 1.165) is 16.5 Å². The summed E-state index contributed by atoms with van der Waals surface area (Å²) < 4.78 is 11.5. The molecule has 1 rings (SSSR count). The molecule has 4 nitrogen and oxygen atoms in total. The summed E-state index contributed by atoms with van der Waals surface area (Å²) in [5, 5.41) is 8.74. The zero-order valence-electron chi connectivity index (χ0n) is 9.87. The van der Waals surface area contributed by atoms with Crippen molar-refractivity contribution in [2.24, 2.45) is 5.73 Å². The van der Waals surface area contributed by atoms with E-state index in [9.17, 15) is 0 Å². The fourth-order valence-electron chi connectivity index (χ4n) is 1.40. The molecule has 0 aliphatic rings. The Kier molecular flexibility index (Phi) is 5.26. The van der Waals surface area contributed by atoms with Crippen LogP contribution in [0.25, 0.3) is 0 Å². The third-order valence-electron chi connectivity index (χ3n) is 2.20. The van der Waals surface area contributed by atoms with E-state index in [1.165, 1.54) is 0 Å². The number of halogens is 1. The molecular formula is C12H15BrN2O2. The summed E-state index contributed by atoms with van der Waals surface area (Å²) >= 11 is 3.41. The SMILES string of the molecule is COc1cc(CCN)cc(Br)c1OC(C)C#N. The normalized spacial score (nSPS) is 11.7. The number of nitrogens with zero attached hydrogens (tertiary/aromatic N) is 1. The van der Waals surface area contributed by atoms with E-state index in [1.54, 1.807) is 14.0 Å². The first-order valence-corrected chi connectivity index (χ1v) is 6.04. The topological polar surface area (TPSA) is 68.3 Å². The van der Waals surface area contributed by atoms with E-state index in [1.807, 2.05) is 18.2 Å². The summed E-state index contributed by atoms with van der Waals surface area (Å²) in [5.74, 6) is 1.15. The molecule has 0 heterocycles. The van der Waals surface area contributed by atoms with Crippen LogP contribution in [-0.2, 0) is 6.42 Å². The molecule has 1 aromatic carbocycles. The van der Waals surface area contributed by atoms with Crippen LogP contribution in [0, 0.1) is 11.3 Å². The van der Waals surface area contributed by atoms with Gasteiger partial charge < -0.3 is 15.2 Å². The van der Waals surface area contributed by atoms with Crippen molar-refractivity contribution in [1.82, 2.24) is 0 Å². The number of hydrogen-bond donors (Lipinski definition) is 1. The van der Waals surface area contributed by atoms with Gasteiger partial charge in [-0.15, -0.1) is 0 Å². The van der Waals surface area contributed by atoms with Crippen molar-refractivity contribution in [1.29, 1.82) is 5.26 Å². The largest absolute Gasteiger partial charge is 0.493 e. The number of ether oxygens (including phenoxy) is 2. The highest BCUT2D eigenvalue weighted by Gasteiger charge is 2.14. The van der Waals surface area contributed by atoms with Crippen LogP contribution in [-0.4, -0.2) is 19.8 Å². The summed E-state index contributed by atoms with van der Waals surface area (Å²) in [7, 11) is 1.57. The molecule has 0 aromatic heterocycles. The standard InChI is InChI=1S/C12H15BrN2O2/c1-8(7-15)17-12-10(13)5-9(3-4-14)6-11(12)16-2/h5-6,8H,3-4,14H2,1-2H3. The van der Waals surface area contributed by atoms with E-state index in [-0.39, 0.29) is 0 Å². The lowest BCUT2D eigenvalue weighted by atomic mass is 10.1. The van der Waals surface area contributed by atoms with Gasteiger partial charge in [0.25, 0.3) is 0 Å². The average molecular weight is 299 g/mol. The summed E-state index contributed by atoms with van der Waals surface area (Å²) in [4.78, 5) is 0. The Morgan fingerprint density at radius 2 is 2.24 bits per heavy atom. The summed E-state index contributed by atoms with van der Waals surface area (Å²) in [6.45, 7) is 2.25. The van der Waals surface area contributed by atoms with Crippen molar-refractivity contribution in [3.63, 3.8) is 0 Å². The third-order valence-corrected chi connectivity index (χ3v) is 2.79. The molecule has 0 bridgehead atoms. The quantitative estimate of drug-likeness (QED) is 0.905. The van der Waals surface area contributed by atoms with Gasteiger partial charge in [-0.05, 0) is 53.5 Å². The Hall–Kier alpha value is -1.25. The predicted molar refractivity (Wildman–Crippen MR) is 69.2 cm³/mol. The molecule has 0 spiro atoms. The van der Waals surface area contributed by atoms with Gasteiger partial charge in [0, 0.05) is 0 Å². The van der Waals surface area contributed by atoms with Crippen molar-refractivity contribution in [2.75, 3.05) is 13.7 Å². The monoisotopic (exact) mass is 298 g/mol. The highest BCUT2D eigenvalue weighted by atomic mass is 79.9. The fraction of sp³-hybridized carbons (Fsp3) is 0.417. The van der Waals surface area contributed by atoms with Crippen molar-refractivity contribution >= 4 is 15.9 Å². The molecule has 0 aliphatic carbocycles. The first kappa shape index (κ1) is 13.8. The zero-order valence-corrected chi connectivity index (χ0v) is 11.5. The molecule has 1 unspecified atom stereocenters. The molecule has 1 aromatic rings. The van der Waals surface area contributed by atoms with Gasteiger partial charge in [-0.25, -0.2) is 0 Å². The lowest BCUT2D eigenvalue weighted by Gasteiger charge is -2.15. The van der Waals surface area contributed by atoms with Crippen molar-refractivity contribution in [3.05, 3.63) is 22.2 Å². The maximum atomic E-state index is 8.74. The molecular weight excluding hydrogens is 284 g/mol. The fourth-order valence-corrected chi connectivity index (χ4v) is 1.98. The smallest absolute Gasteiger partial charge is 0.181 e. The molecule has 5 heteroatoms. The second kappa shape index (κ2) is 6.48. The van der Waals surface area contributed by atoms with Gasteiger partial charge in [0.05, 0.1) is 11.6 Å². The average Bonchev–Trinajstić information content (AvgIpc) is 2.32. The Morgan fingerprint density at radius 3 is 2.76 bits per heavy atom. The van der Waals surface area contributed by atoms with E-state index < -0.39 is 6.10 Å². The van der Waals surface area contributed by atoms with Gasteiger partial charge in [-0.3, -0.25) is 0 Å². The Morgan fingerprint density at radius 1 is 1.53 bits per heavy atom. The van der Waals surface area contributed by atoms with E-state index in [0.29, 0.717) is 18.0 Å². The third kappa shape index (κ3) is 3.62. The highest BCUT2D eigenvalue weighted by molar-refractivity contribution is 9.10. The van der Waals surface area contributed by atoms with Crippen molar-refractivity contribution in [2.45, 2.75) is 19.4 Å². The van der Waals surface area contributed by atoms with Gasteiger partial charge in [-0.2, -0.15) is 5.26 Å². The number of benzene rings is 1. The molecule has 2 N–H and O–H groups in total. The van der Waals surface area contributed by atoms with Crippen LogP contribution in [0.3, 0.4) is 0 Å². The molecule has 92 valence electrons. The van der Waals surface area contributed by atoms with Gasteiger partial charge in [-0.1, -0.05) is 0 Å². The number of methoxy groups -OCH3 is 1. The highest BCUT2D eigenvalue weighted by Crippen LogP contribution is 2.37.